The third-order valence-electron chi connectivity index (χ3n) is 6.16. The maximum absolute atomic E-state index is 13.5. The van der Waals surface area contributed by atoms with Gasteiger partial charge in [0, 0.05) is 41.1 Å². The molecule has 172 valence electrons. The molecule has 1 aromatic carbocycles. The summed E-state index contributed by atoms with van der Waals surface area (Å²) in [5.41, 5.74) is 4.67. The lowest BCUT2D eigenvalue weighted by Gasteiger charge is -2.39. The number of benzene rings is 1. The highest BCUT2D eigenvalue weighted by molar-refractivity contribution is 6.09. The number of nitrogens with zero attached hydrogens (tertiary/aromatic N) is 1. The molecular weight excluding hydrogens is 414 g/mol. The van der Waals surface area contributed by atoms with Gasteiger partial charge in [0.2, 0.25) is 0 Å². The Morgan fingerprint density at radius 3 is 2.52 bits per heavy atom. The highest BCUT2D eigenvalue weighted by Gasteiger charge is 2.42. The molecule has 1 atom stereocenters. The van der Waals surface area contributed by atoms with E-state index in [1.807, 2.05) is 51.1 Å². The van der Waals surface area contributed by atoms with Crippen LogP contribution in [0, 0.1) is 12.3 Å². The second-order valence-corrected chi connectivity index (χ2v) is 9.61. The van der Waals surface area contributed by atoms with Crippen LogP contribution >= 0.6 is 0 Å². The van der Waals surface area contributed by atoms with Gasteiger partial charge in [-0.1, -0.05) is 32.0 Å². The van der Waals surface area contributed by atoms with E-state index in [4.69, 9.17) is 4.74 Å². The van der Waals surface area contributed by atoms with Crippen molar-refractivity contribution in [3.8, 4) is 5.75 Å². The number of carbonyl (C=O) groups excluding carboxylic acids is 2. The van der Waals surface area contributed by atoms with Gasteiger partial charge >= 0.3 is 0 Å². The van der Waals surface area contributed by atoms with Gasteiger partial charge in [0.15, 0.2) is 5.78 Å². The number of amides is 1. The highest BCUT2D eigenvalue weighted by atomic mass is 16.5. The molecule has 0 bridgehead atoms. The van der Waals surface area contributed by atoms with Gasteiger partial charge < -0.3 is 15.4 Å². The Hall–Kier alpha value is -3.41. The summed E-state index contributed by atoms with van der Waals surface area (Å²) >= 11 is 0. The number of rotatable bonds is 5. The van der Waals surface area contributed by atoms with Crippen molar-refractivity contribution < 1.29 is 14.3 Å². The molecule has 0 saturated carbocycles. The predicted molar refractivity (Wildman–Crippen MR) is 129 cm³/mol. The first kappa shape index (κ1) is 22.8. The molecule has 6 heteroatoms. The average Bonchev–Trinajstić information content (AvgIpc) is 2.74. The van der Waals surface area contributed by atoms with Gasteiger partial charge in [0.05, 0.1) is 6.61 Å². The third-order valence-corrected chi connectivity index (χ3v) is 6.16. The van der Waals surface area contributed by atoms with Gasteiger partial charge in [0.25, 0.3) is 5.91 Å². The lowest BCUT2D eigenvalue weighted by Crippen LogP contribution is -2.39. The van der Waals surface area contributed by atoms with Crippen LogP contribution < -0.4 is 15.4 Å². The van der Waals surface area contributed by atoms with E-state index in [0.29, 0.717) is 30.0 Å². The molecule has 2 heterocycles. The van der Waals surface area contributed by atoms with E-state index in [1.165, 1.54) is 0 Å². The second kappa shape index (κ2) is 8.85. The van der Waals surface area contributed by atoms with Gasteiger partial charge in [-0.05, 0) is 61.9 Å². The third kappa shape index (κ3) is 4.70. The van der Waals surface area contributed by atoms with E-state index >= 15 is 0 Å². The summed E-state index contributed by atoms with van der Waals surface area (Å²) in [7, 11) is 0. The van der Waals surface area contributed by atoms with E-state index in [0.717, 1.165) is 34.7 Å². The molecule has 2 aromatic rings. The average molecular weight is 446 g/mol. The van der Waals surface area contributed by atoms with Crippen LogP contribution in [0.4, 0.5) is 5.82 Å². The number of aryl methyl sites for hydroxylation is 1. The molecule has 1 aliphatic carbocycles. The summed E-state index contributed by atoms with van der Waals surface area (Å²) in [5.74, 6) is 0.604. The fourth-order valence-electron chi connectivity index (χ4n) is 4.72. The number of dihydropyridines is 1. The monoisotopic (exact) mass is 445 g/mol. The predicted octanol–water partition coefficient (Wildman–Crippen LogP) is 5.03. The van der Waals surface area contributed by atoms with Crippen LogP contribution in [-0.4, -0.2) is 23.3 Å². The van der Waals surface area contributed by atoms with E-state index in [-0.39, 0.29) is 17.1 Å². The maximum atomic E-state index is 13.5. The van der Waals surface area contributed by atoms with Crippen LogP contribution in [-0.2, 0) is 9.59 Å². The first-order chi connectivity index (χ1) is 15.7. The summed E-state index contributed by atoms with van der Waals surface area (Å²) in [6, 6.07) is 11.4. The van der Waals surface area contributed by atoms with Crippen molar-refractivity contribution in [3.05, 3.63) is 76.3 Å². The number of nitrogens with one attached hydrogen (secondary N) is 2. The van der Waals surface area contributed by atoms with Crippen molar-refractivity contribution in [3.63, 3.8) is 0 Å². The fourth-order valence-corrected chi connectivity index (χ4v) is 4.72. The van der Waals surface area contributed by atoms with Gasteiger partial charge in [-0.15, -0.1) is 0 Å². The summed E-state index contributed by atoms with van der Waals surface area (Å²) in [6.07, 6.45) is 2.93. The summed E-state index contributed by atoms with van der Waals surface area (Å²) in [4.78, 5) is 31.2. The SMILES string of the molecule is CCOc1ccc(C2C(C(=O)Nc3ccc(C)cn3)=C(C)NC3=C2C(=O)CC(C)(C)C3)cc1. The van der Waals surface area contributed by atoms with Crippen LogP contribution in [0.1, 0.15) is 57.6 Å². The Balaban J connectivity index is 1.77. The Labute approximate surface area is 195 Å². The quantitative estimate of drug-likeness (QED) is 0.675. The van der Waals surface area contributed by atoms with Crippen molar-refractivity contribution in [1.82, 2.24) is 10.3 Å². The van der Waals surface area contributed by atoms with Crippen molar-refractivity contribution in [2.24, 2.45) is 5.41 Å². The summed E-state index contributed by atoms with van der Waals surface area (Å²) < 4.78 is 5.60. The molecule has 0 fully saturated rings. The zero-order chi connectivity index (χ0) is 23.8. The molecule has 0 saturated heterocycles. The minimum atomic E-state index is -0.453. The minimum Gasteiger partial charge on any atom is -0.494 e. The number of ether oxygens (including phenoxy) is 1. The number of Topliss-reactive ketones (excluding diaryl/α,β-unsaturated/α-hetero) is 1. The summed E-state index contributed by atoms with van der Waals surface area (Å²) in [6.45, 7) is 10.6. The molecular formula is C27H31N3O3. The number of allylic oxidation sites excluding steroid dienone is 3. The fraction of sp³-hybridized carbons (Fsp3) is 0.370. The first-order valence-corrected chi connectivity index (χ1v) is 11.4. The Morgan fingerprint density at radius 2 is 1.88 bits per heavy atom. The topological polar surface area (TPSA) is 80.3 Å². The lowest BCUT2D eigenvalue weighted by atomic mass is 9.68. The lowest BCUT2D eigenvalue weighted by molar-refractivity contribution is -0.118. The van der Waals surface area contributed by atoms with E-state index in [2.05, 4.69) is 29.5 Å². The largest absolute Gasteiger partial charge is 0.494 e. The van der Waals surface area contributed by atoms with Crippen LogP contribution in [0.2, 0.25) is 0 Å². The molecule has 6 nitrogen and oxygen atoms in total. The first-order valence-electron chi connectivity index (χ1n) is 11.4. The number of ketones is 1. The number of hydrogen-bond acceptors (Lipinski definition) is 5. The number of aromatic nitrogens is 1. The van der Waals surface area contributed by atoms with Crippen LogP contribution in [0.15, 0.2) is 65.1 Å². The molecule has 4 rings (SSSR count). The second-order valence-electron chi connectivity index (χ2n) is 9.61. The van der Waals surface area contributed by atoms with Gasteiger partial charge in [-0.3, -0.25) is 9.59 Å². The Bertz CT molecular complexity index is 1140. The zero-order valence-electron chi connectivity index (χ0n) is 19.9. The molecule has 33 heavy (non-hydrogen) atoms. The molecule has 0 radical (unpaired) electrons. The molecule has 1 amide bonds. The molecule has 2 N–H and O–H groups in total. The Morgan fingerprint density at radius 1 is 1.15 bits per heavy atom. The highest BCUT2D eigenvalue weighted by Crippen LogP contribution is 2.46. The zero-order valence-corrected chi connectivity index (χ0v) is 19.9. The van der Waals surface area contributed by atoms with E-state index < -0.39 is 5.92 Å². The molecule has 1 aliphatic heterocycles. The van der Waals surface area contributed by atoms with Crippen LogP contribution in [0.3, 0.4) is 0 Å². The Kier molecular flexibility index (Phi) is 6.11. The molecule has 2 aliphatic rings. The van der Waals surface area contributed by atoms with Crippen molar-refractivity contribution >= 4 is 17.5 Å². The van der Waals surface area contributed by atoms with E-state index in [1.54, 1.807) is 12.3 Å². The molecule has 1 aromatic heterocycles. The molecule has 0 spiro atoms. The number of anilines is 1. The number of hydrogen-bond donors (Lipinski definition) is 2. The minimum absolute atomic E-state index is 0.0823. The van der Waals surface area contributed by atoms with Gasteiger partial charge in [-0.25, -0.2) is 4.98 Å². The summed E-state index contributed by atoms with van der Waals surface area (Å²) in [5, 5.41) is 6.31. The van der Waals surface area contributed by atoms with Crippen molar-refractivity contribution in [2.75, 3.05) is 11.9 Å². The normalized spacial score (nSPS) is 19.7. The van der Waals surface area contributed by atoms with Crippen molar-refractivity contribution in [1.29, 1.82) is 0 Å². The van der Waals surface area contributed by atoms with Crippen LogP contribution in [0.5, 0.6) is 5.75 Å². The molecule has 1 unspecified atom stereocenters. The van der Waals surface area contributed by atoms with Gasteiger partial charge in [0.1, 0.15) is 11.6 Å². The van der Waals surface area contributed by atoms with Crippen LogP contribution in [0.25, 0.3) is 0 Å². The standard InChI is InChI=1S/C27H31N3O3/c1-6-33-19-10-8-18(9-11-19)24-23(26(32)30-22-12-7-16(2)15-28-22)17(3)29-20-13-27(4,5)14-21(31)25(20)24/h7-12,15,24,29H,6,13-14H2,1-5H3,(H,28,30,32). The van der Waals surface area contributed by atoms with E-state index in [9.17, 15) is 9.59 Å². The number of carbonyl (C=O) groups is 2. The van der Waals surface area contributed by atoms with Crippen molar-refractivity contribution in [2.45, 2.75) is 53.4 Å². The smallest absolute Gasteiger partial charge is 0.255 e. The van der Waals surface area contributed by atoms with Gasteiger partial charge in [-0.2, -0.15) is 0 Å². The number of pyridine rings is 1. The maximum Gasteiger partial charge on any atom is 0.255 e.